The van der Waals surface area contributed by atoms with Gasteiger partial charge in [-0.1, -0.05) is 6.07 Å². The number of hydrogen-bond donors (Lipinski definition) is 2. The summed E-state index contributed by atoms with van der Waals surface area (Å²) >= 11 is 0. The average Bonchev–Trinajstić information content (AvgIpc) is 2.27. The van der Waals surface area contributed by atoms with Crippen LogP contribution in [0, 0.1) is 0 Å². The third kappa shape index (κ3) is 4.06. The Labute approximate surface area is 99.2 Å². The van der Waals surface area contributed by atoms with Gasteiger partial charge in [-0.2, -0.15) is 0 Å². The second kappa shape index (κ2) is 5.25. The van der Waals surface area contributed by atoms with Gasteiger partial charge in [-0.3, -0.25) is 9.78 Å². The van der Waals surface area contributed by atoms with E-state index in [0.29, 0.717) is 0 Å². The number of hydrogen-bond acceptors (Lipinski definition) is 3. The largest absolute Gasteiger partial charge is 0.480 e. The Morgan fingerprint density at radius 3 is 2.71 bits per heavy atom. The predicted octanol–water partition coefficient (Wildman–Crippen LogP) is 1.07. The van der Waals surface area contributed by atoms with Gasteiger partial charge in [0.2, 0.25) is 5.91 Å². The van der Waals surface area contributed by atoms with Gasteiger partial charge in [0.25, 0.3) is 0 Å². The maximum absolute atomic E-state index is 11.5. The lowest BCUT2D eigenvalue weighted by atomic mass is 10.1. The summed E-state index contributed by atoms with van der Waals surface area (Å²) in [6.45, 7) is 2.84. The van der Waals surface area contributed by atoms with Crippen LogP contribution in [-0.4, -0.2) is 27.5 Å². The highest BCUT2D eigenvalue weighted by Crippen LogP contribution is 2.03. The van der Waals surface area contributed by atoms with Gasteiger partial charge in [0.15, 0.2) is 0 Å². The first-order chi connectivity index (χ1) is 7.92. The van der Waals surface area contributed by atoms with E-state index in [1.165, 1.54) is 19.9 Å². The monoisotopic (exact) mass is 234 g/mol. The van der Waals surface area contributed by atoms with Crippen molar-refractivity contribution in [2.75, 3.05) is 0 Å². The summed E-state index contributed by atoms with van der Waals surface area (Å²) in [7, 11) is 0. The lowest BCUT2D eigenvalue weighted by molar-refractivity contribution is -0.145. The average molecular weight is 234 g/mol. The highest BCUT2D eigenvalue weighted by molar-refractivity contribution is 5.95. The summed E-state index contributed by atoms with van der Waals surface area (Å²) in [6, 6.07) is 3.54. The molecule has 90 valence electrons. The molecule has 2 N–H and O–H groups in total. The van der Waals surface area contributed by atoms with Crippen molar-refractivity contribution in [1.29, 1.82) is 0 Å². The molecular formula is C12H14N2O3. The molecule has 5 nitrogen and oxygen atoms in total. The third-order valence-electron chi connectivity index (χ3n) is 2.08. The fraction of sp³-hybridized carbons (Fsp3) is 0.250. The van der Waals surface area contributed by atoms with Crippen LogP contribution in [-0.2, 0) is 9.59 Å². The zero-order chi connectivity index (χ0) is 12.9. The van der Waals surface area contributed by atoms with Crippen LogP contribution in [0.3, 0.4) is 0 Å². The van der Waals surface area contributed by atoms with Gasteiger partial charge in [0.1, 0.15) is 5.54 Å². The smallest absolute Gasteiger partial charge is 0.328 e. The molecule has 0 saturated carbocycles. The molecule has 1 rings (SSSR count). The van der Waals surface area contributed by atoms with Crippen molar-refractivity contribution in [2.45, 2.75) is 19.4 Å². The van der Waals surface area contributed by atoms with E-state index < -0.39 is 17.4 Å². The van der Waals surface area contributed by atoms with E-state index in [1.807, 2.05) is 0 Å². The molecule has 0 aromatic carbocycles. The van der Waals surface area contributed by atoms with E-state index in [2.05, 4.69) is 10.3 Å². The molecule has 1 aromatic heterocycles. The fourth-order valence-corrected chi connectivity index (χ4v) is 1.05. The van der Waals surface area contributed by atoms with E-state index >= 15 is 0 Å². The number of aliphatic carboxylic acids is 1. The van der Waals surface area contributed by atoms with Gasteiger partial charge in [-0.25, -0.2) is 4.79 Å². The quantitative estimate of drug-likeness (QED) is 0.764. The number of nitrogens with zero attached hydrogens (tertiary/aromatic N) is 1. The molecule has 1 aromatic rings. The van der Waals surface area contributed by atoms with E-state index in [1.54, 1.807) is 30.6 Å². The molecule has 0 bridgehead atoms. The normalized spacial score (nSPS) is 11.4. The number of nitrogens with one attached hydrogen (secondary N) is 1. The molecule has 1 heterocycles. The molecule has 0 spiro atoms. The Morgan fingerprint density at radius 1 is 1.47 bits per heavy atom. The second-order valence-corrected chi connectivity index (χ2v) is 4.04. The molecule has 0 aliphatic rings. The standard InChI is InChI=1S/C12H14N2O3/c1-12(2,11(16)17)14-10(15)6-5-9-4-3-7-13-8-9/h3-8H,1-2H3,(H,14,15)(H,16,17). The van der Waals surface area contributed by atoms with Crippen LogP contribution in [0.1, 0.15) is 19.4 Å². The van der Waals surface area contributed by atoms with Crippen LogP contribution in [0.4, 0.5) is 0 Å². The van der Waals surface area contributed by atoms with Gasteiger partial charge in [0, 0.05) is 18.5 Å². The first kappa shape index (κ1) is 12.9. The first-order valence-corrected chi connectivity index (χ1v) is 5.05. The predicted molar refractivity (Wildman–Crippen MR) is 63.1 cm³/mol. The van der Waals surface area contributed by atoms with Crippen molar-refractivity contribution >= 4 is 18.0 Å². The molecule has 0 aliphatic carbocycles. The Kier molecular flexibility index (Phi) is 3.98. The summed E-state index contributed by atoms with van der Waals surface area (Å²) < 4.78 is 0. The van der Waals surface area contributed by atoms with Crippen LogP contribution >= 0.6 is 0 Å². The molecule has 0 fully saturated rings. The van der Waals surface area contributed by atoms with E-state index in [0.717, 1.165) is 5.56 Å². The number of carbonyl (C=O) groups is 2. The fourth-order valence-electron chi connectivity index (χ4n) is 1.05. The van der Waals surface area contributed by atoms with Crippen molar-refractivity contribution < 1.29 is 14.7 Å². The zero-order valence-corrected chi connectivity index (χ0v) is 9.68. The Morgan fingerprint density at radius 2 is 2.18 bits per heavy atom. The number of aromatic nitrogens is 1. The second-order valence-electron chi connectivity index (χ2n) is 4.04. The Bertz CT molecular complexity index is 438. The number of amides is 1. The number of carboxylic acids is 1. The molecule has 0 saturated heterocycles. The Balaban J connectivity index is 2.62. The van der Waals surface area contributed by atoms with Crippen molar-refractivity contribution in [1.82, 2.24) is 10.3 Å². The van der Waals surface area contributed by atoms with Gasteiger partial charge >= 0.3 is 5.97 Å². The number of pyridine rings is 1. The van der Waals surface area contributed by atoms with Crippen LogP contribution in [0.25, 0.3) is 6.08 Å². The van der Waals surface area contributed by atoms with Crippen LogP contribution < -0.4 is 5.32 Å². The van der Waals surface area contributed by atoms with E-state index in [4.69, 9.17) is 5.11 Å². The zero-order valence-electron chi connectivity index (χ0n) is 9.68. The van der Waals surface area contributed by atoms with Crippen molar-refractivity contribution in [2.24, 2.45) is 0 Å². The summed E-state index contributed by atoms with van der Waals surface area (Å²) in [5.74, 6) is -1.54. The van der Waals surface area contributed by atoms with Crippen LogP contribution in [0.2, 0.25) is 0 Å². The topological polar surface area (TPSA) is 79.3 Å². The van der Waals surface area contributed by atoms with E-state index in [9.17, 15) is 9.59 Å². The molecular weight excluding hydrogens is 220 g/mol. The maximum Gasteiger partial charge on any atom is 0.328 e. The lowest BCUT2D eigenvalue weighted by Crippen LogP contribution is -2.49. The van der Waals surface area contributed by atoms with Crippen LogP contribution in [0.5, 0.6) is 0 Å². The Hall–Kier alpha value is -2.17. The van der Waals surface area contributed by atoms with Crippen LogP contribution in [0.15, 0.2) is 30.6 Å². The number of carbonyl (C=O) groups excluding carboxylic acids is 1. The minimum absolute atomic E-state index is 0.457. The molecule has 5 heteroatoms. The SMILES string of the molecule is CC(C)(NC(=O)C=Cc1cccnc1)C(=O)O. The van der Waals surface area contributed by atoms with E-state index in [-0.39, 0.29) is 0 Å². The van der Waals surface area contributed by atoms with Crippen molar-refractivity contribution in [3.05, 3.63) is 36.2 Å². The maximum atomic E-state index is 11.5. The molecule has 0 unspecified atom stereocenters. The molecule has 17 heavy (non-hydrogen) atoms. The highest BCUT2D eigenvalue weighted by Gasteiger charge is 2.27. The third-order valence-corrected chi connectivity index (χ3v) is 2.08. The van der Waals surface area contributed by atoms with Crippen molar-refractivity contribution in [3.63, 3.8) is 0 Å². The van der Waals surface area contributed by atoms with Gasteiger partial charge in [-0.05, 0) is 31.6 Å². The molecule has 0 aliphatic heterocycles. The number of rotatable bonds is 4. The highest BCUT2D eigenvalue weighted by atomic mass is 16.4. The van der Waals surface area contributed by atoms with Gasteiger partial charge in [-0.15, -0.1) is 0 Å². The molecule has 0 radical (unpaired) electrons. The summed E-state index contributed by atoms with van der Waals surface area (Å²) in [5.41, 5.74) is -0.508. The van der Waals surface area contributed by atoms with Gasteiger partial charge < -0.3 is 10.4 Å². The van der Waals surface area contributed by atoms with Gasteiger partial charge in [0.05, 0.1) is 0 Å². The lowest BCUT2D eigenvalue weighted by Gasteiger charge is -2.19. The summed E-state index contributed by atoms with van der Waals surface area (Å²) in [5, 5.41) is 11.2. The molecule has 0 atom stereocenters. The van der Waals surface area contributed by atoms with Crippen molar-refractivity contribution in [3.8, 4) is 0 Å². The first-order valence-electron chi connectivity index (χ1n) is 5.05. The summed E-state index contributed by atoms with van der Waals surface area (Å²) in [6.07, 6.45) is 6.08. The summed E-state index contributed by atoms with van der Waals surface area (Å²) in [4.78, 5) is 26.1. The number of carboxylic acid groups (broad SMARTS) is 1. The minimum Gasteiger partial charge on any atom is -0.480 e. The minimum atomic E-state index is -1.28. The molecule has 1 amide bonds.